The third kappa shape index (κ3) is 6.00. The molecule has 182 valence electrons. The van der Waals surface area contributed by atoms with Crippen LogP contribution in [0.4, 0.5) is 4.39 Å². The lowest BCUT2D eigenvalue weighted by Crippen LogP contribution is -2.54. The van der Waals surface area contributed by atoms with Gasteiger partial charge in [0.25, 0.3) is 5.91 Å². The van der Waals surface area contributed by atoms with E-state index in [9.17, 15) is 18.8 Å². The van der Waals surface area contributed by atoms with Gasteiger partial charge in [0.15, 0.2) is 5.69 Å². The maximum absolute atomic E-state index is 14.5. The van der Waals surface area contributed by atoms with Gasteiger partial charge in [-0.05, 0) is 23.6 Å². The zero-order valence-corrected chi connectivity index (χ0v) is 19.8. The number of halogens is 1. The minimum Gasteiger partial charge on any atom is -0.370 e. The smallest absolute Gasteiger partial charge is 0.273 e. The summed E-state index contributed by atoms with van der Waals surface area (Å²) in [6.07, 6.45) is -0.0164. The first kappa shape index (κ1) is 25.4. The first-order chi connectivity index (χ1) is 16.5. The molecule has 0 aliphatic carbocycles. The Morgan fingerprint density at radius 3 is 2.54 bits per heavy atom. The number of hydrogen-bond donors (Lipinski definition) is 3. The number of aromatic nitrogens is 2. The van der Waals surface area contributed by atoms with Crippen LogP contribution in [0.25, 0.3) is 10.9 Å². The van der Waals surface area contributed by atoms with E-state index in [1.807, 2.05) is 6.07 Å². The van der Waals surface area contributed by atoms with E-state index < -0.39 is 35.0 Å². The summed E-state index contributed by atoms with van der Waals surface area (Å²) in [6, 6.07) is 12.2. The van der Waals surface area contributed by atoms with Crippen molar-refractivity contribution in [2.45, 2.75) is 39.8 Å². The summed E-state index contributed by atoms with van der Waals surface area (Å²) in [6.45, 7) is 5.51. The van der Waals surface area contributed by atoms with Crippen molar-refractivity contribution < 1.29 is 18.8 Å². The molecule has 0 radical (unpaired) electrons. The average molecular weight is 479 g/mol. The van der Waals surface area contributed by atoms with Crippen LogP contribution in [0.5, 0.6) is 0 Å². The average Bonchev–Trinajstić information content (AvgIpc) is 3.16. The topological polar surface area (TPSA) is 143 Å². The number of primary amides is 1. The minimum absolute atomic E-state index is 0.0164. The predicted octanol–water partition coefficient (Wildman–Crippen LogP) is 2.23. The van der Waals surface area contributed by atoms with Gasteiger partial charge in [0, 0.05) is 23.9 Å². The molecule has 9 nitrogen and oxygen atoms in total. The van der Waals surface area contributed by atoms with Gasteiger partial charge in [-0.2, -0.15) is 10.4 Å². The zero-order chi connectivity index (χ0) is 25.8. The van der Waals surface area contributed by atoms with E-state index in [0.29, 0.717) is 16.5 Å². The SMILES string of the molecule is CC(C)(C)[C@H](NC(=O)c1nn(Cc2ccc(C#N)cc2F)c2ccccc12)C(=O)NCCC(N)=O. The van der Waals surface area contributed by atoms with Gasteiger partial charge in [0.05, 0.1) is 23.7 Å². The quantitative estimate of drug-likeness (QED) is 0.455. The fourth-order valence-electron chi connectivity index (χ4n) is 3.61. The van der Waals surface area contributed by atoms with E-state index in [4.69, 9.17) is 11.0 Å². The van der Waals surface area contributed by atoms with Crippen molar-refractivity contribution in [3.05, 3.63) is 65.1 Å². The molecule has 2 aromatic carbocycles. The van der Waals surface area contributed by atoms with Crippen molar-refractivity contribution in [2.24, 2.45) is 11.1 Å². The Balaban J connectivity index is 1.90. The number of benzene rings is 2. The Bertz CT molecular complexity index is 1320. The van der Waals surface area contributed by atoms with Gasteiger partial charge >= 0.3 is 0 Å². The highest BCUT2D eigenvalue weighted by molar-refractivity contribution is 6.06. The Labute approximate surface area is 202 Å². The second kappa shape index (κ2) is 10.3. The molecule has 0 bridgehead atoms. The lowest BCUT2D eigenvalue weighted by molar-refractivity contribution is -0.125. The molecule has 1 aromatic heterocycles. The summed E-state index contributed by atoms with van der Waals surface area (Å²) >= 11 is 0. The number of carbonyl (C=O) groups excluding carboxylic acids is 3. The molecule has 1 atom stereocenters. The van der Waals surface area contributed by atoms with Crippen LogP contribution < -0.4 is 16.4 Å². The molecule has 0 saturated heterocycles. The Morgan fingerprint density at radius 2 is 1.91 bits per heavy atom. The van der Waals surface area contributed by atoms with Gasteiger partial charge in [0.2, 0.25) is 11.8 Å². The van der Waals surface area contributed by atoms with Crippen molar-refractivity contribution in [3.63, 3.8) is 0 Å². The molecular formula is C25H27FN6O3. The number of amides is 3. The standard InChI is InChI=1S/C25H27FN6O3/c1-25(2,3)22(24(35)29-11-10-20(28)33)30-23(34)21-17-6-4-5-7-19(17)32(31-21)14-16-9-8-15(13-27)12-18(16)26/h4-9,12,22H,10-11,14H2,1-3H3,(H2,28,33)(H,29,35)(H,30,34)/t22-/m1/s1. The first-order valence-corrected chi connectivity index (χ1v) is 11.0. The van der Waals surface area contributed by atoms with Crippen molar-refractivity contribution >= 4 is 28.6 Å². The van der Waals surface area contributed by atoms with Crippen LogP contribution in [0.15, 0.2) is 42.5 Å². The summed E-state index contributed by atoms with van der Waals surface area (Å²) in [5.74, 6) is -2.10. The summed E-state index contributed by atoms with van der Waals surface area (Å²) in [5.41, 5.74) is 5.70. The Hall–Kier alpha value is -4.26. The number of nitrogens with two attached hydrogens (primary N) is 1. The fourth-order valence-corrected chi connectivity index (χ4v) is 3.61. The molecule has 4 N–H and O–H groups in total. The minimum atomic E-state index is -0.914. The molecule has 0 saturated carbocycles. The maximum atomic E-state index is 14.5. The number of hydrogen-bond acceptors (Lipinski definition) is 5. The summed E-state index contributed by atoms with van der Waals surface area (Å²) in [7, 11) is 0. The Kier molecular flexibility index (Phi) is 7.49. The molecule has 3 rings (SSSR count). The van der Waals surface area contributed by atoms with E-state index >= 15 is 0 Å². The molecule has 0 unspecified atom stereocenters. The summed E-state index contributed by atoms with van der Waals surface area (Å²) < 4.78 is 16.0. The van der Waals surface area contributed by atoms with E-state index in [2.05, 4.69) is 15.7 Å². The van der Waals surface area contributed by atoms with E-state index in [-0.39, 0.29) is 30.8 Å². The molecule has 0 aliphatic rings. The fraction of sp³-hybridized carbons (Fsp3) is 0.320. The molecule has 0 aliphatic heterocycles. The largest absolute Gasteiger partial charge is 0.370 e. The highest BCUT2D eigenvalue weighted by Gasteiger charge is 2.34. The van der Waals surface area contributed by atoms with Crippen LogP contribution in [0.2, 0.25) is 0 Å². The maximum Gasteiger partial charge on any atom is 0.273 e. The number of fused-ring (bicyclic) bond motifs is 1. The number of nitrogens with one attached hydrogen (secondary N) is 2. The van der Waals surface area contributed by atoms with E-state index in [0.717, 1.165) is 6.07 Å². The van der Waals surface area contributed by atoms with Gasteiger partial charge in [-0.1, -0.05) is 45.0 Å². The highest BCUT2D eigenvalue weighted by atomic mass is 19.1. The lowest BCUT2D eigenvalue weighted by atomic mass is 9.86. The van der Waals surface area contributed by atoms with Crippen LogP contribution in [-0.4, -0.2) is 40.1 Å². The van der Waals surface area contributed by atoms with Crippen LogP contribution in [0.3, 0.4) is 0 Å². The van der Waals surface area contributed by atoms with Gasteiger partial charge in [-0.25, -0.2) is 4.39 Å². The van der Waals surface area contributed by atoms with Crippen molar-refractivity contribution in [2.75, 3.05) is 6.54 Å². The molecule has 0 spiro atoms. The number of para-hydroxylation sites is 1. The molecule has 10 heteroatoms. The lowest BCUT2D eigenvalue weighted by Gasteiger charge is -2.30. The number of carbonyl (C=O) groups is 3. The second-order valence-corrected chi connectivity index (χ2v) is 9.22. The van der Waals surface area contributed by atoms with Crippen molar-refractivity contribution in [3.8, 4) is 6.07 Å². The second-order valence-electron chi connectivity index (χ2n) is 9.22. The van der Waals surface area contributed by atoms with Crippen LogP contribution in [-0.2, 0) is 16.1 Å². The van der Waals surface area contributed by atoms with Gasteiger partial charge < -0.3 is 16.4 Å². The van der Waals surface area contributed by atoms with Crippen LogP contribution >= 0.6 is 0 Å². The molecule has 0 fully saturated rings. The number of rotatable bonds is 8. The van der Waals surface area contributed by atoms with Crippen LogP contribution in [0.1, 0.15) is 48.8 Å². The Morgan fingerprint density at radius 1 is 1.20 bits per heavy atom. The zero-order valence-electron chi connectivity index (χ0n) is 19.8. The van der Waals surface area contributed by atoms with Crippen molar-refractivity contribution in [1.82, 2.24) is 20.4 Å². The summed E-state index contributed by atoms with van der Waals surface area (Å²) in [5, 5.41) is 19.3. The van der Waals surface area contributed by atoms with Gasteiger partial charge in [-0.15, -0.1) is 0 Å². The van der Waals surface area contributed by atoms with Crippen molar-refractivity contribution in [1.29, 1.82) is 5.26 Å². The van der Waals surface area contributed by atoms with E-state index in [1.165, 1.54) is 16.8 Å². The van der Waals surface area contributed by atoms with Crippen LogP contribution in [0, 0.1) is 22.6 Å². The first-order valence-electron chi connectivity index (χ1n) is 11.0. The third-order valence-electron chi connectivity index (χ3n) is 5.45. The molecule has 1 heterocycles. The van der Waals surface area contributed by atoms with Gasteiger partial charge in [0.1, 0.15) is 11.9 Å². The monoisotopic (exact) mass is 478 g/mol. The molecule has 35 heavy (non-hydrogen) atoms. The van der Waals surface area contributed by atoms with E-state index in [1.54, 1.807) is 45.0 Å². The molecule has 3 amide bonds. The predicted molar refractivity (Wildman–Crippen MR) is 127 cm³/mol. The van der Waals surface area contributed by atoms with Gasteiger partial charge in [-0.3, -0.25) is 19.1 Å². The molecule has 3 aromatic rings. The summed E-state index contributed by atoms with van der Waals surface area (Å²) in [4.78, 5) is 37.0. The molecular weight excluding hydrogens is 451 g/mol. The highest BCUT2D eigenvalue weighted by Crippen LogP contribution is 2.23. The normalized spacial score (nSPS) is 12.1. The number of nitrogens with zero attached hydrogens (tertiary/aromatic N) is 3. The number of nitriles is 1. The third-order valence-corrected chi connectivity index (χ3v) is 5.45.